The Morgan fingerprint density at radius 3 is 2.65 bits per heavy atom. The molecule has 2 aromatic rings. The first-order valence-electron chi connectivity index (χ1n) is 7.10. The molecule has 1 aliphatic rings. The van der Waals surface area contributed by atoms with Crippen LogP contribution < -0.4 is 5.32 Å². The first-order valence-corrected chi connectivity index (χ1v) is 8.99. The Labute approximate surface area is 133 Å². The molecule has 0 spiro atoms. The third-order valence-corrected chi connectivity index (χ3v) is 4.80. The van der Waals surface area contributed by atoms with Crippen molar-refractivity contribution in [1.82, 2.24) is 4.98 Å². The molecule has 1 amide bonds. The molecule has 23 heavy (non-hydrogen) atoms. The first kappa shape index (κ1) is 15.6. The lowest BCUT2D eigenvalue weighted by atomic mass is 10.1. The van der Waals surface area contributed by atoms with Crippen molar-refractivity contribution >= 4 is 21.4 Å². The fourth-order valence-corrected chi connectivity index (χ4v) is 3.17. The van der Waals surface area contributed by atoms with Crippen molar-refractivity contribution in [3.8, 4) is 0 Å². The fraction of sp³-hybridized carbons (Fsp3) is 0.250. The number of halogens is 1. The smallest absolute Gasteiger partial charge is 0.257 e. The van der Waals surface area contributed by atoms with Crippen LogP contribution in [0.5, 0.6) is 0 Å². The summed E-state index contributed by atoms with van der Waals surface area (Å²) in [5.74, 6) is -0.704. The van der Waals surface area contributed by atoms with Crippen LogP contribution in [0.1, 0.15) is 34.7 Å². The number of hydrogen-bond acceptors (Lipinski definition) is 4. The molecule has 1 aliphatic carbocycles. The highest BCUT2D eigenvalue weighted by Gasteiger charge is 2.25. The fourth-order valence-electron chi connectivity index (χ4n) is 2.32. The third-order valence-electron chi connectivity index (χ3n) is 3.66. The van der Waals surface area contributed by atoms with E-state index in [-0.39, 0.29) is 10.6 Å². The number of nitrogens with zero attached hydrogens (tertiary/aromatic N) is 1. The Bertz CT molecular complexity index is 877. The lowest BCUT2D eigenvalue weighted by Crippen LogP contribution is -2.15. The van der Waals surface area contributed by atoms with Crippen molar-refractivity contribution in [2.24, 2.45) is 0 Å². The average molecular weight is 334 g/mol. The zero-order valence-electron chi connectivity index (χ0n) is 12.4. The Balaban J connectivity index is 1.90. The SMILES string of the molecule is CS(=O)(=O)c1cc(F)ccc1NC(=O)c1cncc(C2CC2)c1. The number of amides is 1. The van der Waals surface area contributed by atoms with E-state index in [9.17, 15) is 17.6 Å². The van der Waals surface area contributed by atoms with Crippen molar-refractivity contribution in [2.75, 3.05) is 11.6 Å². The number of anilines is 1. The van der Waals surface area contributed by atoms with Crippen LogP contribution in [0, 0.1) is 5.82 Å². The third kappa shape index (κ3) is 3.56. The minimum Gasteiger partial charge on any atom is -0.321 e. The molecular formula is C16H15FN2O3S. The number of pyridine rings is 1. The Morgan fingerprint density at radius 1 is 1.26 bits per heavy atom. The van der Waals surface area contributed by atoms with Gasteiger partial charge < -0.3 is 5.32 Å². The molecule has 0 unspecified atom stereocenters. The van der Waals surface area contributed by atoms with Crippen LogP contribution in [-0.2, 0) is 9.84 Å². The second kappa shape index (κ2) is 5.73. The Hall–Kier alpha value is -2.28. The molecule has 1 fully saturated rings. The van der Waals surface area contributed by atoms with Gasteiger partial charge in [0.15, 0.2) is 9.84 Å². The van der Waals surface area contributed by atoms with E-state index < -0.39 is 21.6 Å². The standard InChI is InChI=1S/C16H15FN2O3S/c1-23(21,22)15-7-13(17)4-5-14(15)19-16(20)12-6-11(8-18-9-12)10-2-3-10/h4-10H,2-3H2,1H3,(H,19,20). The monoisotopic (exact) mass is 334 g/mol. The van der Waals surface area contributed by atoms with Crippen LogP contribution >= 0.6 is 0 Å². The van der Waals surface area contributed by atoms with Gasteiger partial charge in [0.2, 0.25) is 0 Å². The number of nitrogens with one attached hydrogen (secondary N) is 1. The van der Waals surface area contributed by atoms with Gasteiger partial charge in [-0.05, 0) is 48.6 Å². The molecule has 120 valence electrons. The van der Waals surface area contributed by atoms with Crippen molar-refractivity contribution in [1.29, 1.82) is 0 Å². The number of benzene rings is 1. The first-order chi connectivity index (χ1) is 10.8. The van der Waals surface area contributed by atoms with E-state index in [0.717, 1.165) is 36.8 Å². The Morgan fingerprint density at radius 2 is 2.00 bits per heavy atom. The van der Waals surface area contributed by atoms with Crippen molar-refractivity contribution in [3.05, 3.63) is 53.6 Å². The molecule has 5 nitrogen and oxygen atoms in total. The van der Waals surface area contributed by atoms with E-state index in [4.69, 9.17) is 0 Å². The average Bonchev–Trinajstić information content (AvgIpc) is 3.33. The highest BCUT2D eigenvalue weighted by molar-refractivity contribution is 7.90. The van der Waals surface area contributed by atoms with Gasteiger partial charge in [0.25, 0.3) is 5.91 Å². The van der Waals surface area contributed by atoms with Crippen LogP contribution in [0.3, 0.4) is 0 Å². The van der Waals surface area contributed by atoms with Crippen molar-refractivity contribution < 1.29 is 17.6 Å². The van der Waals surface area contributed by atoms with Gasteiger partial charge in [-0.25, -0.2) is 12.8 Å². The zero-order valence-corrected chi connectivity index (χ0v) is 13.2. The highest BCUT2D eigenvalue weighted by Crippen LogP contribution is 2.39. The summed E-state index contributed by atoms with van der Waals surface area (Å²) in [5.41, 5.74) is 1.40. The van der Waals surface area contributed by atoms with Crippen molar-refractivity contribution in [3.63, 3.8) is 0 Å². The molecule has 1 aromatic carbocycles. The van der Waals surface area contributed by atoms with Gasteiger partial charge in [-0.3, -0.25) is 9.78 Å². The quantitative estimate of drug-likeness (QED) is 0.933. The van der Waals surface area contributed by atoms with Gasteiger partial charge in [0, 0.05) is 18.6 Å². The zero-order chi connectivity index (χ0) is 16.6. The molecule has 0 radical (unpaired) electrons. The molecule has 1 saturated carbocycles. The number of sulfone groups is 1. The maximum Gasteiger partial charge on any atom is 0.257 e. The summed E-state index contributed by atoms with van der Waals surface area (Å²) in [7, 11) is -3.67. The second-order valence-electron chi connectivity index (χ2n) is 5.65. The molecule has 0 bridgehead atoms. The van der Waals surface area contributed by atoms with Crippen LogP contribution in [0.2, 0.25) is 0 Å². The molecular weight excluding hydrogens is 319 g/mol. The number of rotatable bonds is 4. The predicted molar refractivity (Wildman–Crippen MR) is 83.7 cm³/mol. The van der Waals surface area contributed by atoms with Gasteiger partial charge in [0.1, 0.15) is 5.82 Å². The molecule has 0 aliphatic heterocycles. The molecule has 7 heteroatoms. The Kier molecular flexibility index (Phi) is 3.89. The van der Waals surface area contributed by atoms with E-state index in [1.807, 2.05) is 0 Å². The summed E-state index contributed by atoms with van der Waals surface area (Å²) >= 11 is 0. The maximum absolute atomic E-state index is 13.3. The van der Waals surface area contributed by atoms with Crippen LogP contribution in [0.15, 0.2) is 41.6 Å². The normalized spacial score (nSPS) is 14.5. The minimum absolute atomic E-state index is 0.0516. The van der Waals surface area contributed by atoms with Gasteiger partial charge in [-0.1, -0.05) is 0 Å². The predicted octanol–water partition coefficient (Wildman–Crippen LogP) is 2.75. The second-order valence-corrected chi connectivity index (χ2v) is 7.63. The van der Waals surface area contributed by atoms with E-state index in [1.165, 1.54) is 12.3 Å². The largest absolute Gasteiger partial charge is 0.321 e. The topological polar surface area (TPSA) is 76.1 Å². The molecule has 1 N–H and O–H groups in total. The van der Waals surface area contributed by atoms with E-state index in [2.05, 4.69) is 10.3 Å². The van der Waals surface area contributed by atoms with Gasteiger partial charge in [-0.15, -0.1) is 0 Å². The lowest BCUT2D eigenvalue weighted by molar-refractivity contribution is 0.102. The number of carbonyl (C=O) groups is 1. The number of aromatic nitrogens is 1. The summed E-state index contributed by atoms with van der Waals surface area (Å²) in [4.78, 5) is 16.1. The van der Waals surface area contributed by atoms with Crippen molar-refractivity contribution in [2.45, 2.75) is 23.7 Å². The molecule has 1 aromatic heterocycles. The molecule has 0 atom stereocenters. The summed E-state index contributed by atoms with van der Waals surface area (Å²) in [6.45, 7) is 0. The molecule has 1 heterocycles. The summed E-state index contributed by atoms with van der Waals surface area (Å²) in [5, 5.41) is 2.52. The summed E-state index contributed by atoms with van der Waals surface area (Å²) < 4.78 is 36.8. The number of hydrogen-bond donors (Lipinski definition) is 1. The lowest BCUT2D eigenvalue weighted by Gasteiger charge is -2.10. The van der Waals surface area contributed by atoms with Gasteiger partial charge in [-0.2, -0.15) is 0 Å². The summed E-state index contributed by atoms with van der Waals surface area (Å²) in [6.07, 6.45) is 6.29. The van der Waals surface area contributed by atoms with E-state index >= 15 is 0 Å². The van der Waals surface area contributed by atoms with Crippen LogP contribution in [0.4, 0.5) is 10.1 Å². The summed E-state index contributed by atoms with van der Waals surface area (Å²) in [6, 6.07) is 4.98. The maximum atomic E-state index is 13.3. The van der Waals surface area contributed by atoms with E-state index in [0.29, 0.717) is 11.5 Å². The van der Waals surface area contributed by atoms with Crippen LogP contribution in [0.25, 0.3) is 0 Å². The molecule has 0 saturated heterocycles. The van der Waals surface area contributed by atoms with Crippen LogP contribution in [-0.4, -0.2) is 25.6 Å². The highest BCUT2D eigenvalue weighted by atomic mass is 32.2. The molecule has 3 rings (SSSR count). The van der Waals surface area contributed by atoms with Gasteiger partial charge in [0.05, 0.1) is 16.1 Å². The number of carbonyl (C=O) groups excluding carboxylic acids is 1. The van der Waals surface area contributed by atoms with E-state index in [1.54, 1.807) is 12.3 Å². The van der Waals surface area contributed by atoms with Gasteiger partial charge >= 0.3 is 0 Å². The minimum atomic E-state index is -3.67.